The molecule has 1 saturated carbocycles. The zero-order chi connectivity index (χ0) is 15.8. The Kier molecular flexibility index (Phi) is 4.21. The van der Waals surface area contributed by atoms with Gasteiger partial charge in [-0.1, -0.05) is 35.3 Å². The van der Waals surface area contributed by atoms with E-state index in [4.69, 9.17) is 34.8 Å². The summed E-state index contributed by atoms with van der Waals surface area (Å²) in [5, 5.41) is 16.0. The smallest absolute Gasteiger partial charge is 0.137 e. The number of hydrogen-bond acceptors (Lipinski definition) is 3. The Morgan fingerprint density at radius 1 is 1.32 bits per heavy atom. The summed E-state index contributed by atoms with van der Waals surface area (Å²) >= 11 is 18.4. The van der Waals surface area contributed by atoms with E-state index in [-0.39, 0.29) is 6.54 Å². The van der Waals surface area contributed by atoms with E-state index in [0.29, 0.717) is 10.0 Å². The van der Waals surface area contributed by atoms with Crippen molar-refractivity contribution in [2.24, 2.45) is 0 Å². The molecule has 1 heterocycles. The summed E-state index contributed by atoms with van der Waals surface area (Å²) in [7, 11) is 0. The molecule has 0 saturated heterocycles. The molecule has 1 fully saturated rings. The Labute approximate surface area is 143 Å². The van der Waals surface area contributed by atoms with Gasteiger partial charge in [-0.25, -0.2) is 9.67 Å². The van der Waals surface area contributed by atoms with Crippen LogP contribution in [0.3, 0.4) is 0 Å². The van der Waals surface area contributed by atoms with Gasteiger partial charge in [0.05, 0.1) is 21.5 Å². The van der Waals surface area contributed by atoms with Crippen molar-refractivity contribution in [1.29, 1.82) is 0 Å². The monoisotopic (exact) mass is 357 g/mol. The highest BCUT2D eigenvalue weighted by Crippen LogP contribution is 2.52. The van der Waals surface area contributed by atoms with E-state index in [9.17, 15) is 5.11 Å². The van der Waals surface area contributed by atoms with Gasteiger partial charge in [0, 0.05) is 0 Å². The van der Waals surface area contributed by atoms with Crippen molar-refractivity contribution >= 4 is 40.9 Å². The molecule has 0 spiro atoms. The first-order chi connectivity index (χ1) is 10.4. The molecule has 1 aromatic carbocycles. The summed E-state index contributed by atoms with van der Waals surface area (Å²) in [5.74, 6) is 0. The lowest BCUT2D eigenvalue weighted by atomic mass is 9.95. The highest BCUT2D eigenvalue weighted by molar-refractivity contribution is 6.42. The van der Waals surface area contributed by atoms with E-state index in [1.165, 1.54) is 6.33 Å². The number of hydrogen-bond donors (Lipinski definition) is 1. The maximum absolute atomic E-state index is 11.0. The highest BCUT2D eigenvalue weighted by Gasteiger charge is 2.56. The van der Waals surface area contributed by atoms with E-state index in [2.05, 4.69) is 10.1 Å². The van der Waals surface area contributed by atoms with Crippen LogP contribution in [0.15, 0.2) is 36.9 Å². The molecule has 1 unspecified atom stereocenters. The third-order valence-electron chi connectivity index (χ3n) is 3.83. The average Bonchev–Trinajstić information content (AvgIpc) is 3.05. The number of rotatable bonds is 5. The van der Waals surface area contributed by atoms with E-state index < -0.39 is 10.5 Å². The Balaban J connectivity index is 1.86. The second-order valence-corrected chi connectivity index (χ2v) is 7.03. The van der Waals surface area contributed by atoms with E-state index in [1.807, 2.05) is 6.07 Å². The van der Waals surface area contributed by atoms with Gasteiger partial charge in [-0.15, -0.1) is 11.6 Å². The van der Waals surface area contributed by atoms with Crippen LogP contribution in [-0.4, -0.2) is 30.3 Å². The third kappa shape index (κ3) is 3.15. The number of alkyl halides is 1. The summed E-state index contributed by atoms with van der Waals surface area (Å²) in [4.78, 5) is 3.23. The lowest BCUT2D eigenvalue weighted by Crippen LogP contribution is -2.43. The van der Waals surface area contributed by atoms with E-state index in [1.54, 1.807) is 35.3 Å². The van der Waals surface area contributed by atoms with Crippen LogP contribution in [0.5, 0.6) is 0 Å². The number of aromatic nitrogens is 3. The average molecular weight is 359 g/mol. The lowest BCUT2D eigenvalue weighted by molar-refractivity contribution is 0.0564. The zero-order valence-electron chi connectivity index (χ0n) is 11.6. The van der Waals surface area contributed by atoms with Crippen LogP contribution in [0, 0.1) is 0 Å². The minimum atomic E-state index is -1.21. The fourth-order valence-corrected chi connectivity index (χ4v) is 2.82. The predicted molar refractivity (Wildman–Crippen MR) is 88.3 cm³/mol. The van der Waals surface area contributed by atoms with Crippen LogP contribution in [0.2, 0.25) is 10.0 Å². The number of halogens is 3. The quantitative estimate of drug-likeness (QED) is 0.827. The van der Waals surface area contributed by atoms with E-state index in [0.717, 1.165) is 18.4 Å². The van der Waals surface area contributed by atoms with Crippen LogP contribution < -0.4 is 0 Å². The standard InChI is InChI=1S/C15H14Cl3N3O/c16-12-2-1-11(7-13(12)17)3-4-15(22,14(18)5-6-14)8-21-10-19-9-20-21/h1-4,7,9-10,22H,5-6,8H2/b4-3+. The minimum Gasteiger partial charge on any atom is -0.382 e. The SMILES string of the molecule is OC(/C=C/c1ccc(Cl)c(Cl)c1)(Cn1cncn1)C1(Cl)CC1. The normalized spacial score (nSPS) is 19.3. The predicted octanol–water partition coefficient (Wildman–Crippen LogP) is 3.80. The van der Waals surface area contributed by atoms with Crippen molar-refractivity contribution in [1.82, 2.24) is 14.8 Å². The summed E-state index contributed by atoms with van der Waals surface area (Å²) in [6.45, 7) is 0.244. The van der Waals surface area contributed by atoms with Gasteiger partial charge in [0.2, 0.25) is 0 Å². The molecule has 1 atom stereocenters. The fourth-order valence-electron chi connectivity index (χ4n) is 2.30. The molecule has 1 aromatic heterocycles. The minimum absolute atomic E-state index is 0.244. The maximum atomic E-state index is 11.0. The summed E-state index contributed by atoms with van der Waals surface area (Å²) in [5.41, 5.74) is -0.374. The molecule has 3 rings (SSSR count). The van der Waals surface area contributed by atoms with Crippen molar-refractivity contribution in [3.63, 3.8) is 0 Å². The molecule has 0 amide bonds. The highest BCUT2D eigenvalue weighted by atomic mass is 35.5. The third-order valence-corrected chi connectivity index (χ3v) is 5.27. The summed E-state index contributed by atoms with van der Waals surface area (Å²) in [6, 6.07) is 5.28. The molecule has 7 heteroatoms. The fraction of sp³-hybridized carbons (Fsp3) is 0.333. The van der Waals surface area contributed by atoms with Crippen molar-refractivity contribution in [3.05, 3.63) is 52.5 Å². The first-order valence-electron chi connectivity index (χ1n) is 6.80. The van der Waals surface area contributed by atoms with Crippen LogP contribution in [0.25, 0.3) is 6.08 Å². The van der Waals surface area contributed by atoms with Gasteiger partial charge in [-0.2, -0.15) is 5.10 Å². The molecule has 4 nitrogen and oxygen atoms in total. The first-order valence-corrected chi connectivity index (χ1v) is 7.93. The van der Waals surface area contributed by atoms with Gasteiger partial charge in [0.15, 0.2) is 0 Å². The van der Waals surface area contributed by atoms with Crippen molar-refractivity contribution < 1.29 is 5.11 Å². The molecule has 116 valence electrons. The summed E-state index contributed by atoms with van der Waals surface area (Å²) in [6.07, 6.45) is 7.99. The largest absolute Gasteiger partial charge is 0.382 e. The molecule has 2 aromatic rings. The molecule has 0 radical (unpaired) electrons. The molecule has 1 aliphatic carbocycles. The zero-order valence-corrected chi connectivity index (χ0v) is 13.9. The van der Waals surface area contributed by atoms with Crippen molar-refractivity contribution in [2.45, 2.75) is 29.9 Å². The van der Waals surface area contributed by atoms with Gasteiger partial charge in [-0.05, 0) is 36.6 Å². The molecule has 0 bridgehead atoms. The number of nitrogens with zero attached hydrogens (tertiary/aromatic N) is 3. The number of benzene rings is 1. The van der Waals surface area contributed by atoms with Crippen LogP contribution in [-0.2, 0) is 6.54 Å². The first kappa shape index (κ1) is 15.8. The van der Waals surface area contributed by atoms with Crippen LogP contribution >= 0.6 is 34.8 Å². The Bertz CT molecular complexity index is 698. The molecular weight excluding hydrogens is 345 g/mol. The molecular formula is C15H14Cl3N3O. The topological polar surface area (TPSA) is 50.9 Å². The second-order valence-electron chi connectivity index (χ2n) is 5.49. The Hall–Kier alpha value is -1.07. The molecule has 1 N–H and O–H groups in total. The van der Waals surface area contributed by atoms with E-state index >= 15 is 0 Å². The molecule has 22 heavy (non-hydrogen) atoms. The molecule has 1 aliphatic rings. The van der Waals surface area contributed by atoms with Crippen molar-refractivity contribution in [3.8, 4) is 0 Å². The molecule has 0 aliphatic heterocycles. The van der Waals surface area contributed by atoms with Gasteiger partial charge in [0.1, 0.15) is 18.3 Å². The van der Waals surface area contributed by atoms with Crippen LogP contribution in [0.1, 0.15) is 18.4 Å². The van der Waals surface area contributed by atoms with Gasteiger partial charge in [-0.3, -0.25) is 0 Å². The summed E-state index contributed by atoms with van der Waals surface area (Å²) < 4.78 is 1.57. The van der Waals surface area contributed by atoms with Crippen LogP contribution in [0.4, 0.5) is 0 Å². The maximum Gasteiger partial charge on any atom is 0.137 e. The Morgan fingerprint density at radius 2 is 2.09 bits per heavy atom. The number of aliphatic hydroxyl groups is 1. The van der Waals surface area contributed by atoms with Crippen molar-refractivity contribution in [2.75, 3.05) is 0 Å². The van der Waals surface area contributed by atoms with Gasteiger partial charge >= 0.3 is 0 Å². The Morgan fingerprint density at radius 3 is 2.68 bits per heavy atom. The van der Waals surface area contributed by atoms with Gasteiger partial charge < -0.3 is 5.11 Å². The second kappa shape index (κ2) is 5.85. The lowest BCUT2D eigenvalue weighted by Gasteiger charge is -2.29. The van der Waals surface area contributed by atoms with Gasteiger partial charge in [0.25, 0.3) is 0 Å².